The van der Waals surface area contributed by atoms with E-state index in [1.165, 1.54) is 37.4 Å². The Morgan fingerprint density at radius 3 is 2.68 bits per heavy atom. The molecule has 2 aromatic carbocycles. The molecule has 0 saturated carbocycles. The minimum atomic E-state index is -0.457. The van der Waals surface area contributed by atoms with Gasteiger partial charge in [-0.25, -0.2) is 18.7 Å². The third-order valence-corrected chi connectivity index (χ3v) is 6.50. The summed E-state index contributed by atoms with van der Waals surface area (Å²) in [6.45, 7) is 0.967. The normalized spacial score (nSPS) is 15.7. The first kappa shape index (κ1) is 23.8. The number of aromatic nitrogens is 2. The van der Waals surface area contributed by atoms with E-state index in [0.29, 0.717) is 23.8 Å². The topological polar surface area (TPSA) is 72.4 Å². The maximum absolute atomic E-state index is 13.7. The molecule has 1 amide bonds. The van der Waals surface area contributed by atoms with Crippen molar-refractivity contribution in [3.8, 4) is 11.1 Å². The zero-order valence-electron chi connectivity index (χ0n) is 18.5. The monoisotopic (exact) mass is 483 g/mol. The summed E-state index contributed by atoms with van der Waals surface area (Å²) < 4.78 is 31.9. The van der Waals surface area contributed by atoms with Gasteiger partial charge in [-0.3, -0.25) is 9.59 Å². The van der Waals surface area contributed by atoms with Crippen LogP contribution in [0.2, 0.25) is 0 Å². The lowest BCUT2D eigenvalue weighted by molar-refractivity contribution is -0.137. The van der Waals surface area contributed by atoms with Gasteiger partial charge in [-0.15, -0.1) is 0 Å². The van der Waals surface area contributed by atoms with Crippen LogP contribution < -0.4 is 0 Å². The van der Waals surface area contributed by atoms with Crippen molar-refractivity contribution >= 4 is 23.6 Å². The Morgan fingerprint density at radius 2 is 1.94 bits per heavy atom. The lowest BCUT2D eigenvalue weighted by atomic mass is 9.89. The second-order valence-electron chi connectivity index (χ2n) is 7.92. The molecule has 0 N–H and O–H groups in total. The van der Waals surface area contributed by atoms with Crippen molar-refractivity contribution in [2.75, 3.05) is 26.0 Å². The molecule has 0 unspecified atom stereocenters. The highest BCUT2D eigenvalue weighted by Gasteiger charge is 2.29. The SMILES string of the molecule is COC(=O)CSc1ncc(-c2ccc(F)cc2)c([C@@H]2CCCN(C(=O)c3cccc(F)c3)C2)n1. The second kappa shape index (κ2) is 10.7. The highest BCUT2D eigenvalue weighted by atomic mass is 32.2. The summed E-state index contributed by atoms with van der Waals surface area (Å²) in [6, 6.07) is 11.7. The molecule has 1 aromatic heterocycles. The summed E-state index contributed by atoms with van der Waals surface area (Å²) >= 11 is 1.16. The Bertz CT molecular complexity index is 1190. The van der Waals surface area contributed by atoms with Crippen LogP contribution in [0.3, 0.4) is 0 Å². The molecule has 0 aliphatic carbocycles. The van der Waals surface area contributed by atoms with Gasteiger partial charge < -0.3 is 9.64 Å². The third-order valence-electron chi connectivity index (χ3n) is 5.67. The highest BCUT2D eigenvalue weighted by Crippen LogP contribution is 2.34. The number of hydrogen-bond donors (Lipinski definition) is 0. The predicted molar refractivity (Wildman–Crippen MR) is 124 cm³/mol. The van der Waals surface area contributed by atoms with E-state index in [9.17, 15) is 18.4 Å². The Labute approximate surface area is 200 Å². The molecule has 4 rings (SSSR count). The van der Waals surface area contributed by atoms with Gasteiger partial charge in [-0.1, -0.05) is 30.0 Å². The van der Waals surface area contributed by atoms with E-state index < -0.39 is 5.82 Å². The smallest absolute Gasteiger partial charge is 0.316 e. The average molecular weight is 484 g/mol. The molecule has 1 aliphatic rings. The Kier molecular flexibility index (Phi) is 7.52. The van der Waals surface area contributed by atoms with Gasteiger partial charge in [-0.2, -0.15) is 0 Å². The van der Waals surface area contributed by atoms with Gasteiger partial charge >= 0.3 is 5.97 Å². The number of ether oxygens (including phenoxy) is 1. The van der Waals surface area contributed by atoms with E-state index >= 15 is 0 Å². The number of halogens is 2. The minimum Gasteiger partial charge on any atom is -0.468 e. The average Bonchev–Trinajstić information content (AvgIpc) is 2.87. The number of thioether (sulfide) groups is 1. The predicted octanol–water partition coefficient (Wildman–Crippen LogP) is 4.71. The third kappa shape index (κ3) is 5.59. The van der Waals surface area contributed by atoms with E-state index in [1.807, 2.05) is 0 Å². The molecule has 1 atom stereocenters. The molecule has 1 fully saturated rings. The zero-order chi connectivity index (χ0) is 24.1. The molecule has 0 spiro atoms. The Morgan fingerprint density at radius 1 is 1.15 bits per heavy atom. The number of rotatable bonds is 6. The van der Waals surface area contributed by atoms with Crippen LogP contribution >= 0.6 is 11.8 Å². The van der Waals surface area contributed by atoms with Crippen molar-refractivity contribution in [2.24, 2.45) is 0 Å². The number of esters is 1. The molecule has 2 heterocycles. The van der Waals surface area contributed by atoms with Crippen LogP contribution in [-0.2, 0) is 9.53 Å². The van der Waals surface area contributed by atoms with Gasteiger partial charge in [0.15, 0.2) is 5.16 Å². The first-order valence-corrected chi connectivity index (χ1v) is 11.8. The van der Waals surface area contributed by atoms with E-state index in [-0.39, 0.29) is 29.4 Å². The fourth-order valence-corrected chi connectivity index (χ4v) is 4.64. The van der Waals surface area contributed by atoms with E-state index in [0.717, 1.165) is 41.4 Å². The molecular formula is C25H23F2N3O3S. The summed E-state index contributed by atoms with van der Waals surface area (Å²) in [7, 11) is 1.32. The van der Waals surface area contributed by atoms with Crippen molar-refractivity contribution < 1.29 is 23.1 Å². The first-order valence-electron chi connectivity index (χ1n) is 10.8. The minimum absolute atomic E-state index is 0.0701. The lowest BCUT2D eigenvalue weighted by Gasteiger charge is -2.33. The second-order valence-corrected chi connectivity index (χ2v) is 8.87. The number of carbonyl (C=O) groups excluding carboxylic acids is 2. The van der Waals surface area contributed by atoms with Crippen LogP contribution in [0.15, 0.2) is 59.9 Å². The van der Waals surface area contributed by atoms with Gasteiger partial charge in [0.2, 0.25) is 0 Å². The Balaban J connectivity index is 1.64. The summed E-state index contributed by atoms with van der Waals surface area (Å²) in [5.41, 5.74) is 2.53. The molecule has 34 heavy (non-hydrogen) atoms. The summed E-state index contributed by atoms with van der Waals surface area (Å²) in [4.78, 5) is 35.4. The number of methoxy groups -OCH3 is 1. The van der Waals surface area contributed by atoms with E-state index in [1.54, 1.807) is 29.3 Å². The number of amides is 1. The van der Waals surface area contributed by atoms with Crippen LogP contribution in [0.5, 0.6) is 0 Å². The maximum Gasteiger partial charge on any atom is 0.316 e. The van der Waals surface area contributed by atoms with Crippen molar-refractivity contribution in [2.45, 2.75) is 23.9 Å². The van der Waals surface area contributed by atoms with Gasteiger partial charge in [-0.05, 0) is 48.7 Å². The molecule has 6 nitrogen and oxygen atoms in total. The van der Waals surface area contributed by atoms with Crippen LogP contribution in [0.1, 0.15) is 34.8 Å². The van der Waals surface area contributed by atoms with Crippen molar-refractivity contribution in [3.05, 3.63) is 77.6 Å². The van der Waals surface area contributed by atoms with Crippen LogP contribution in [0.25, 0.3) is 11.1 Å². The Hall–Kier alpha value is -3.33. The van der Waals surface area contributed by atoms with Crippen molar-refractivity contribution in [3.63, 3.8) is 0 Å². The molecule has 1 saturated heterocycles. The summed E-state index contributed by atoms with van der Waals surface area (Å²) in [5.74, 6) is -1.46. The standard InChI is InChI=1S/C25H23F2N3O3S/c1-33-22(31)15-34-25-28-13-21(16-7-9-19(26)10-8-16)23(29-25)18-5-3-11-30(14-18)24(32)17-4-2-6-20(27)12-17/h2,4,6-10,12-13,18H,3,5,11,14-15H2,1H3/t18-/m1/s1. The largest absolute Gasteiger partial charge is 0.468 e. The number of benzene rings is 2. The van der Waals surface area contributed by atoms with Crippen molar-refractivity contribution in [1.82, 2.24) is 14.9 Å². The van der Waals surface area contributed by atoms with E-state index in [2.05, 4.69) is 4.98 Å². The van der Waals surface area contributed by atoms with Gasteiger partial charge in [0.25, 0.3) is 5.91 Å². The highest BCUT2D eigenvalue weighted by molar-refractivity contribution is 7.99. The molecule has 9 heteroatoms. The fourth-order valence-electron chi connectivity index (χ4n) is 3.98. The molecule has 176 valence electrons. The fraction of sp³-hybridized carbons (Fsp3) is 0.280. The quantitative estimate of drug-likeness (QED) is 0.287. The number of hydrogen-bond acceptors (Lipinski definition) is 6. The number of piperidine rings is 1. The molecule has 1 aliphatic heterocycles. The zero-order valence-corrected chi connectivity index (χ0v) is 19.4. The number of carbonyl (C=O) groups is 2. The summed E-state index contributed by atoms with van der Waals surface area (Å²) in [5, 5.41) is 0.417. The molecular weight excluding hydrogens is 460 g/mol. The number of nitrogens with zero attached hydrogens (tertiary/aromatic N) is 3. The van der Waals surface area contributed by atoms with Crippen molar-refractivity contribution in [1.29, 1.82) is 0 Å². The summed E-state index contributed by atoms with van der Waals surface area (Å²) in [6.07, 6.45) is 3.21. The van der Waals surface area contributed by atoms with Gasteiger partial charge in [0, 0.05) is 36.3 Å². The van der Waals surface area contributed by atoms with Gasteiger partial charge in [0.1, 0.15) is 11.6 Å². The van der Waals surface area contributed by atoms with Crippen LogP contribution in [-0.4, -0.2) is 52.7 Å². The first-order chi connectivity index (χ1) is 16.4. The molecule has 3 aromatic rings. The maximum atomic E-state index is 13.7. The lowest BCUT2D eigenvalue weighted by Crippen LogP contribution is -2.39. The molecule has 0 bridgehead atoms. The number of likely N-dealkylation sites (tertiary alicyclic amines) is 1. The molecule has 0 radical (unpaired) electrons. The van der Waals surface area contributed by atoms with Gasteiger partial charge in [0.05, 0.1) is 18.6 Å². The van der Waals surface area contributed by atoms with Crippen LogP contribution in [0, 0.1) is 11.6 Å². The van der Waals surface area contributed by atoms with E-state index in [4.69, 9.17) is 9.72 Å². The van der Waals surface area contributed by atoms with Crippen LogP contribution in [0.4, 0.5) is 8.78 Å².